The second-order valence-electron chi connectivity index (χ2n) is 6.19. The van der Waals surface area contributed by atoms with Crippen molar-refractivity contribution in [3.05, 3.63) is 47.6 Å². The van der Waals surface area contributed by atoms with Gasteiger partial charge in [0.1, 0.15) is 23.5 Å². The number of halogens is 1. The molecule has 26 heavy (non-hydrogen) atoms. The first-order valence-electron chi connectivity index (χ1n) is 8.39. The molecule has 0 amide bonds. The number of rotatable bonds is 7. The van der Waals surface area contributed by atoms with E-state index < -0.39 is 21.9 Å². The summed E-state index contributed by atoms with van der Waals surface area (Å²) in [5.74, 6) is -0.340. The lowest BCUT2D eigenvalue weighted by molar-refractivity contribution is -0.906. The van der Waals surface area contributed by atoms with Gasteiger partial charge in [0, 0.05) is 0 Å². The predicted octanol–water partition coefficient (Wildman–Crippen LogP) is 0.216. The third-order valence-corrected chi connectivity index (χ3v) is 7.58. The molecule has 0 saturated carbocycles. The molecule has 1 aliphatic heterocycles. The molecule has 3 rings (SSSR count). The maximum absolute atomic E-state index is 13.5. The van der Waals surface area contributed by atoms with Gasteiger partial charge in [-0.2, -0.15) is 4.31 Å². The molecule has 0 spiro atoms. The number of thiophene rings is 1. The van der Waals surface area contributed by atoms with Crippen LogP contribution in [-0.4, -0.2) is 63.3 Å². The van der Waals surface area contributed by atoms with E-state index in [2.05, 4.69) is 0 Å². The Morgan fingerprint density at radius 3 is 2.62 bits per heavy atom. The molecule has 2 aromatic rings. The van der Waals surface area contributed by atoms with Crippen molar-refractivity contribution in [2.45, 2.75) is 10.3 Å². The van der Waals surface area contributed by atoms with Crippen LogP contribution in [0, 0.1) is 5.82 Å². The molecule has 2 heterocycles. The summed E-state index contributed by atoms with van der Waals surface area (Å²) in [6, 6.07) is 9.41. The zero-order chi connectivity index (χ0) is 18.6. The van der Waals surface area contributed by atoms with Crippen LogP contribution < -0.4 is 9.64 Å². The molecular weight excluding hydrogens is 379 g/mol. The summed E-state index contributed by atoms with van der Waals surface area (Å²) >= 11 is 1.22. The molecule has 0 unspecified atom stereocenters. The Morgan fingerprint density at radius 1 is 1.23 bits per heavy atom. The summed E-state index contributed by atoms with van der Waals surface area (Å²) in [7, 11) is -3.41. The van der Waals surface area contributed by atoms with E-state index in [0.29, 0.717) is 36.9 Å². The standard InChI is InChI=1S/C17H21FN2O4S2/c18-15-4-1-2-5-16(15)24-13-14(21)12-19-7-9-20(10-8-19)26(22,23)17-6-3-11-25-17/h1-6,11,14,21H,7-10,12-13H2/p+1/t14-/m1/s1. The maximum Gasteiger partial charge on any atom is 0.252 e. The van der Waals surface area contributed by atoms with Crippen LogP contribution in [0.5, 0.6) is 5.75 Å². The third-order valence-electron chi connectivity index (χ3n) is 4.31. The van der Waals surface area contributed by atoms with Crippen LogP contribution in [0.4, 0.5) is 4.39 Å². The highest BCUT2D eigenvalue weighted by atomic mass is 32.2. The predicted molar refractivity (Wildman–Crippen MR) is 96.5 cm³/mol. The van der Waals surface area contributed by atoms with Crippen LogP contribution in [0.2, 0.25) is 0 Å². The summed E-state index contributed by atoms with van der Waals surface area (Å²) in [6.45, 7) is 2.48. The van der Waals surface area contributed by atoms with Gasteiger partial charge in [0.25, 0.3) is 10.0 Å². The molecule has 0 aliphatic carbocycles. The van der Waals surface area contributed by atoms with Crippen LogP contribution in [0.15, 0.2) is 46.0 Å². The molecule has 9 heteroatoms. The highest BCUT2D eigenvalue weighted by molar-refractivity contribution is 7.91. The Balaban J connectivity index is 1.46. The van der Waals surface area contributed by atoms with E-state index in [1.54, 1.807) is 29.6 Å². The Hall–Kier alpha value is -1.52. The highest BCUT2D eigenvalue weighted by Gasteiger charge is 2.31. The zero-order valence-electron chi connectivity index (χ0n) is 14.2. The van der Waals surface area contributed by atoms with Gasteiger partial charge in [-0.3, -0.25) is 0 Å². The Bertz CT molecular complexity index is 806. The van der Waals surface area contributed by atoms with E-state index >= 15 is 0 Å². The van der Waals surface area contributed by atoms with Crippen LogP contribution in [0.25, 0.3) is 0 Å². The smallest absolute Gasteiger partial charge is 0.252 e. The zero-order valence-corrected chi connectivity index (χ0v) is 15.8. The van der Waals surface area contributed by atoms with Gasteiger partial charge < -0.3 is 14.7 Å². The number of sulfonamides is 1. The summed E-state index contributed by atoms with van der Waals surface area (Å²) in [5, 5.41) is 11.9. The first-order chi connectivity index (χ1) is 12.5. The van der Waals surface area contributed by atoms with Gasteiger partial charge in [-0.25, -0.2) is 12.8 Å². The number of piperazine rings is 1. The number of para-hydroxylation sites is 1. The quantitative estimate of drug-likeness (QED) is 0.696. The van der Waals surface area contributed by atoms with Gasteiger partial charge in [0.2, 0.25) is 0 Å². The fourth-order valence-corrected chi connectivity index (χ4v) is 5.51. The van der Waals surface area contributed by atoms with Crippen LogP contribution in [-0.2, 0) is 10.0 Å². The monoisotopic (exact) mass is 401 g/mol. The van der Waals surface area contributed by atoms with E-state index in [0.717, 1.165) is 4.90 Å². The first-order valence-corrected chi connectivity index (χ1v) is 10.7. The number of ether oxygens (including phenoxy) is 1. The van der Waals surface area contributed by atoms with Crippen molar-refractivity contribution in [1.29, 1.82) is 0 Å². The van der Waals surface area contributed by atoms with Crippen LogP contribution >= 0.6 is 11.3 Å². The number of hydrogen-bond donors (Lipinski definition) is 2. The van der Waals surface area contributed by atoms with Gasteiger partial charge in [0.05, 0.1) is 26.2 Å². The van der Waals surface area contributed by atoms with Gasteiger partial charge in [-0.05, 0) is 23.6 Å². The van der Waals surface area contributed by atoms with E-state index in [4.69, 9.17) is 4.74 Å². The van der Waals surface area contributed by atoms with Crippen molar-refractivity contribution in [3.63, 3.8) is 0 Å². The fourth-order valence-electron chi connectivity index (χ4n) is 2.92. The van der Waals surface area contributed by atoms with Gasteiger partial charge in [-0.1, -0.05) is 18.2 Å². The number of hydrogen-bond acceptors (Lipinski definition) is 5. The van der Waals surface area contributed by atoms with Gasteiger partial charge >= 0.3 is 0 Å². The lowest BCUT2D eigenvalue weighted by Crippen LogP contribution is -3.15. The third kappa shape index (κ3) is 4.60. The van der Waals surface area contributed by atoms with Crippen molar-refractivity contribution in [2.75, 3.05) is 39.3 Å². The molecule has 6 nitrogen and oxygen atoms in total. The van der Waals surface area contributed by atoms with Crippen molar-refractivity contribution < 1.29 is 27.6 Å². The number of benzene rings is 1. The van der Waals surface area contributed by atoms with Crippen molar-refractivity contribution in [3.8, 4) is 5.75 Å². The molecule has 1 aromatic carbocycles. The SMILES string of the molecule is O=S(=O)(c1cccs1)N1CC[NH+](C[C@@H](O)COc2ccccc2F)CC1. The molecule has 0 radical (unpaired) electrons. The fraction of sp³-hybridized carbons (Fsp3) is 0.412. The molecular formula is C17H22FN2O4S2+. The molecule has 1 atom stereocenters. The minimum atomic E-state index is -3.41. The van der Waals surface area contributed by atoms with E-state index in [1.165, 1.54) is 27.8 Å². The van der Waals surface area contributed by atoms with Crippen molar-refractivity contribution in [2.24, 2.45) is 0 Å². The second-order valence-corrected chi connectivity index (χ2v) is 9.30. The van der Waals surface area contributed by atoms with Crippen LogP contribution in [0.3, 0.4) is 0 Å². The molecule has 1 saturated heterocycles. The molecule has 142 valence electrons. The second kappa shape index (κ2) is 8.45. The van der Waals surface area contributed by atoms with E-state index in [1.807, 2.05) is 0 Å². The van der Waals surface area contributed by atoms with E-state index in [-0.39, 0.29) is 12.4 Å². The van der Waals surface area contributed by atoms with Gasteiger partial charge in [-0.15, -0.1) is 11.3 Å². The summed E-state index contributed by atoms with van der Waals surface area (Å²) in [6.07, 6.45) is -0.745. The minimum Gasteiger partial charge on any atom is -0.488 e. The Kier molecular flexibility index (Phi) is 6.25. The number of nitrogens with one attached hydrogen (secondary N) is 1. The molecule has 1 aliphatic rings. The summed E-state index contributed by atoms with van der Waals surface area (Å²) in [4.78, 5) is 1.10. The maximum atomic E-state index is 13.5. The Morgan fingerprint density at radius 2 is 1.96 bits per heavy atom. The molecule has 1 fully saturated rings. The lowest BCUT2D eigenvalue weighted by Gasteiger charge is -2.32. The first kappa shape index (κ1) is 19.2. The average molecular weight is 402 g/mol. The van der Waals surface area contributed by atoms with Gasteiger partial charge in [0.15, 0.2) is 11.6 Å². The minimum absolute atomic E-state index is 0.00163. The lowest BCUT2D eigenvalue weighted by atomic mass is 10.3. The van der Waals surface area contributed by atoms with Crippen molar-refractivity contribution >= 4 is 21.4 Å². The number of nitrogens with zero attached hydrogens (tertiary/aromatic N) is 1. The molecule has 0 bridgehead atoms. The number of quaternary nitrogens is 1. The highest BCUT2D eigenvalue weighted by Crippen LogP contribution is 2.20. The molecule has 2 N–H and O–H groups in total. The number of aliphatic hydroxyl groups is 1. The summed E-state index contributed by atoms with van der Waals surface area (Å²) in [5.41, 5.74) is 0. The largest absolute Gasteiger partial charge is 0.488 e. The van der Waals surface area contributed by atoms with Crippen LogP contribution in [0.1, 0.15) is 0 Å². The van der Waals surface area contributed by atoms with E-state index in [9.17, 15) is 17.9 Å². The Labute approximate surface area is 156 Å². The number of aliphatic hydroxyl groups excluding tert-OH is 1. The normalized spacial score (nSPS) is 17.9. The molecule has 1 aromatic heterocycles. The topological polar surface area (TPSA) is 71.3 Å². The average Bonchev–Trinajstić information content (AvgIpc) is 3.17. The summed E-state index contributed by atoms with van der Waals surface area (Å²) < 4.78 is 45.7. The van der Waals surface area contributed by atoms with Crippen molar-refractivity contribution in [1.82, 2.24) is 4.31 Å².